The lowest BCUT2D eigenvalue weighted by atomic mass is 10.0. The third-order valence-corrected chi connectivity index (χ3v) is 6.83. The van der Waals surface area contributed by atoms with Gasteiger partial charge in [-0.1, -0.05) is 71.4 Å². The highest BCUT2D eigenvalue weighted by Gasteiger charge is 2.33. The molecule has 5 rings (SSSR count). The number of carbonyl (C=O) groups excluding carboxylic acids is 2. The Bertz CT molecular complexity index is 1390. The van der Waals surface area contributed by atoms with Gasteiger partial charge >= 0.3 is 0 Å². The maximum atomic E-state index is 13.3. The summed E-state index contributed by atoms with van der Waals surface area (Å²) in [4.78, 5) is 34.1. The molecule has 0 N–H and O–H groups in total. The van der Waals surface area contributed by atoms with E-state index >= 15 is 0 Å². The zero-order valence-electron chi connectivity index (χ0n) is 20.5. The van der Waals surface area contributed by atoms with Crippen LogP contribution in [-0.2, 0) is 4.79 Å². The van der Waals surface area contributed by atoms with Crippen LogP contribution in [0.15, 0.2) is 83.4 Å². The zero-order chi connectivity index (χ0) is 25.8. The van der Waals surface area contributed by atoms with Gasteiger partial charge in [0.25, 0.3) is 5.91 Å². The lowest BCUT2D eigenvalue weighted by molar-refractivity contribution is -0.136. The predicted octanol–water partition coefficient (Wildman–Crippen LogP) is 5.88. The quantitative estimate of drug-likeness (QED) is 0.321. The third-order valence-electron chi connectivity index (χ3n) is 6.59. The van der Waals surface area contributed by atoms with E-state index in [-0.39, 0.29) is 24.4 Å². The van der Waals surface area contributed by atoms with Crippen molar-refractivity contribution in [2.75, 3.05) is 20.1 Å². The molecule has 8 heteroatoms. The van der Waals surface area contributed by atoms with Crippen LogP contribution in [0.3, 0.4) is 0 Å². The number of hydrogen-bond donors (Lipinski definition) is 0. The molecule has 1 aromatic heterocycles. The largest absolute Gasteiger partial charge is 0.337 e. The van der Waals surface area contributed by atoms with E-state index in [9.17, 15) is 9.59 Å². The molecule has 0 spiro atoms. The first-order chi connectivity index (χ1) is 18.0. The van der Waals surface area contributed by atoms with Gasteiger partial charge in [-0.15, -0.1) is 0 Å². The Labute approximate surface area is 220 Å². The Morgan fingerprint density at radius 2 is 1.70 bits per heavy atom. The third kappa shape index (κ3) is 5.57. The lowest BCUT2D eigenvalue weighted by Crippen LogP contribution is -2.44. The van der Waals surface area contributed by atoms with Crippen molar-refractivity contribution in [2.45, 2.75) is 25.3 Å². The predicted molar refractivity (Wildman–Crippen MR) is 142 cm³/mol. The molecule has 1 atom stereocenters. The van der Waals surface area contributed by atoms with E-state index in [1.54, 1.807) is 36.2 Å². The zero-order valence-corrected chi connectivity index (χ0v) is 21.3. The molecule has 1 aliphatic heterocycles. The molecule has 0 bridgehead atoms. The molecule has 1 fully saturated rings. The number of benzene rings is 3. The Hall–Kier alpha value is -3.97. The van der Waals surface area contributed by atoms with Crippen LogP contribution in [0, 0.1) is 0 Å². The fourth-order valence-electron chi connectivity index (χ4n) is 4.62. The molecule has 0 saturated carbocycles. The molecule has 37 heavy (non-hydrogen) atoms. The van der Waals surface area contributed by atoms with Gasteiger partial charge in [-0.3, -0.25) is 9.59 Å². The molecular formula is C29H27ClN4O3. The Morgan fingerprint density at radius 1 is 0.973 bits per heavy atom. The van der Waals surface area contributed by atoms with Crippen LogP contribution in [0.2, 0.25) is 5.02 Å². The van der Waals surface area contributed by atoms with Gasteiger partial charge in [-0.25, -0.2) is 0 Å². The van der Waals surface area contributed by atoms with Gasteiger partial charge in [-0.05, 0) is 54.7 Å². The Morgan fingerprint density at radius 3 is 2.46 bits per heavy atom. The second-order valence-corrected chi connectivity index (χ2v) is 9.61. The molecule has 7 nitrogen and oxygen atoms in total. The van der Waals surface area contributed by atoms with Gasteiger partial charge in [0.05, 0.1) is 6.54 Å². The maximum Gasteiger partial charge on any atom is 0.254 e. The normalized spacial score (nSPS) is 15.4. The summed E-state index contributed by atoms with van der Waals surface area (Å²) in [6.45, 7) is 0.539. The number of carbonyl (C=O) groups is 2. The minimum Gasteiger partial charge on any atom is -0.337 e. The van der Waals surface area contributed by atoms with E-state index in [0.29, 0.717) is 28.8 Å². The van der Waals surface area contributed by atoms with Crippen molar-refractivity contribution in [2.24, 2.45) is 0 Å². The summed E-state index contributed by atoms with van der Waals surface area (Å²) in [5.74, 6) is 0.474. The number of piperidine rings is 1. The molecule has 2 heterocycles. The Balaban J connectivity index is 1.26. The molecular weight excluding hydrogens is 488 g/mol. The molecule has 3 aromatic carbocycles. The van der Waals surface area contributed by atoms with Gasteiger partial charge in [-0.2, -0.15) is 4.98 Å². The second kappa shape index (κ2) is 11.0. The minimum atomic E-state index is -0.324. The van der Waals surface area contributed by atoms with E-state index in [4.69, 9.17) is 16.1 Å². The average molecular weight is 515 g/mol. The van der Waals surface area contributed by atoms with Crippen LogP contribution in [0.5, 0.6) is 0 Å². The van der Waals surface area contributed by atoms with Gasteiger partial charge in [0.2, 0.25) is 17.6 Å². The summed E-state index contributed by atoms with van der Waals surface area (Å²) in [6, 6.07) is 24.3. The molecule has 4 aromatic rings. The molecule has 1 aliphatic rings. The number of hydrogen-bond acceptors (Lipinski definition) is 5. The minimum absolute atomic E-state index is 0.0366. The van der Waals surface area contributed by atoms with Crippen LogP contribution < -0.4 is 0 Å². The number of nitrogens with zero attached hydrogens (tertiary/aromatic N) is 4. The molecule has 1 saturated heterocycles. The van der Waals surface area contributed by atoms with Crippen LogP contribution in [0.25, 0.3) is 22.5 Å². The SMILES string of the molecule is CN(CC(=O)N1CCCCC1c1nc(-c2cccc(Cl)c2)no1)C(=O)c1ccc(-c2ccccc2)cc1. The van der Waals surface area contributed by atoms with Gasteiger partial charge in [0.1, 0.15) is 6.04 Å². The van der Waals surface area contributed by atoms with Crippen LogP contribution in [-0.4, -0.2) is 51.9 Å². The van der Waals surface area contributed by atoms with Crippen molar-refractivity contribution in [3.8, 4) is 22.5 Å². The van der Waals surface area contributed by atoms with E-state index in [1.807, 2.05) is 54.6 Å². The summed E-state index contributed by atoms with van der Waals surface area (Å²) < 4.78 is 5.57. The summed E-state index contributed by atoms with van der Waals surface area (Å²) in [5.41, 5.74) is 3.40. The number of likely N-dealkylation sites (N-methyl/N-ethyl adjacent to an activating group) is 1. The topological polar surface area (TPSA) is 79.5 Å². The van der Waals surface area contributed by atoms with Gasteiger partial charge in [0, 0.05) is 29.7 Å². The number of halogens is 1. The van der Waals surface area contributed by atoms with Crippen molar-refractivity contribution in [3.63, 3.8) is 0 Å². The van der Waals surface area contributed by atoms with E-state index in [2.05, 4.69) is 10.1 Å². The molecule has 1 unspecified atom stereocenters. The van der Waals surface area contributed by atoms with Crippen LogP contribution in [0.1, 0.15) is 41.6 Å². The Kier molecular flexibility index (Phi) is 7.32. The van der Waals surface area contributed by atoms with Crippen LogP contribution in [0.4, 0.5) is 0 Å². The highest BCUT2D eigenvalue weighted by Crippen LogP contribution is 2.32. The van der Waals surface area contributed by atoms with Crippen molar-refractivity contribution < 1.29 is 14.1 Å². The molecule has 188 valence electrons. The molecule has 0 aliphatic carbocycles. The molecule has 2 amide bonds. The maximum absolute atomic E-state index is 13.3. The van der Waals surface area contributed by atoms with Crippen LogP contribution >= 0.6 is 11.6 Å². The summed E-state index contributed by atoms with van der Waals surface area (Å²) >= 11 is 6.10. The number of likely N-dealkylation sites (tertiary alicyclic amines) is 1. The summed E-state index contributed by atoms with van der Waals surface area (Å²) in [6.07, 6.45) is 2.56. The van der Waals surface area contributed by atoms with Gasteiger partial charge in [0.15, 0.2) is 0 Å². The molecule has 0 radical (unpaired) electrons. The highest BCUT2D eigenvalue weighted by atomic mass is 35.5. The van der Waals surface area contributed by atoms with Crippen molar-refractivity contribution >= 4 is 23.4 Å². The van der Waals surface area contributed by atoms with E-state index < -0.39 is 0 Å². The summed E-state index contributed by atoms with van der Waals surface area (Å²) in [5, 5.41) is 4.69. The number of amides is 2. The van der Waals surface area contributed by atoms with Crippen molar-refractivity contribution in [1.82, 2.24) is 19.9 Å². The first-order valence-electron chi connectivity index (χ1n) is 12.3. The van der Waals surface area contributed by atoms with Gasteiger partial charge < -0.3 is 14.3 Å². The van der Waals surface area contributed by atoms with Crippen molar-refractivity contribution in [3.05, 3.63) is 95.3 Å². The monoisotopic (exact) mass is 514 g/mol. The van der Waals surface area contributed by atoms with E-state index in [1.165, 1.54) is 4.90 Å². The fourth-order valence-corrected chi connectivity index (χ4v) is 4.81. The van der Waals surface area contributed by atoms with Crippen molar-refractivity contribution in [1.29, 1.82) is 0 Å². The van der Waals surface area contributed by atoms with E-state index in [0.717, 1.165) is 36.0 Å². The fraction of sp³-hybridized carbons (Fsp3) is 0.241. The average Bonchev–Trinajstić information content (AvgIpc) is 3.43. The number of aromatic nitrogens is 2. The smallest absolute Gasteiger partial charge is 0.254 e. The standard InChI is InChI=1S/C29H27ClN4O3/c1-33(29(36)22-15-13-21(14-16-22)20-8-3-2-4-9-20)19-26(35)34-17-6-5-12-25(34)28-31-27(32-37-28)23-10-7-11-24(30)18-23/h2-4,7-11,13-16,18,25H,5-6,12,17,19H2,1H3. The first-order valence-corrected chi connectivity index (χ1v) is 12.7. The number of rotatable bonds is 6. The first kappa shape index (κ1) is 24.7. The highest BCUT2D eigenvalue weighted by molar-refractivity contribution is 6.30. The lowest BCUT2D eigenvalue weighted by Gasteiger charge is -2.34. The second-order valence-electron chi connectivity index (χ2n) is 9.17. The summed E-state index contributed by atoms with van der Waals surface area (Å²) in [7, 11) is 1.65.